The maximum atomic E-state index is 10.9. The average molecular weight is 336 g/mol. The molecule has 1 rings (SSSR count). The Morgan fingerprint density at radius 1 is 1.60 bits per heavy atom. The third-order valence-electron chi connectivity index (χ3n) is 1.61. The van der Waals surface area contributed by atoms with Crippen molar-refractivity contribution in [1.82, 2.24) is 0 Å². The molecule has 0 N–H and O–H groups in total. The normalized spacial score (nSPS) is 9.40. The fraction of sp³-hybridized carbons (Fsp3) is 0. The van der Waals surface area contributed by atoms with Crippen molar-refractivity contribution in [2.75, 3.05) is 0 Å². The van der Waals surface area contributed by atoms with E-state index in [1.807, 2.05) is 6.07 Å². The minimum absolute atomic E-state index is 0.185. The molecule has 0 unspecified atom stereocenters. The molecule has 0 radical (unpaired) electrons. The summed E-state index contributed by atoms with van der Waals surface area (Å²) in [6.07, 6.45) is 0. The molecule has 0 aromatic heterocycles. The molecule has 0 spiro atoms. The van der Waals surface area contributed by atoms with E-state index in [0.29, 0.717) is 3.57 Å². The van der Waals surface area contributed by atoms with Crippen molar-refractivity contribution in [3.8, 4) is 6.07 Å². The molecule has 76 valence electrons. The smallest absolute Gasteiger partial charge is 0.275 e. The van der Waals surface area contributed by atoms with Crippen LogP contribution < -0.4 is 0 Å². The SMILES string of the molecule is N#Cc1cc(C(=O)Cl)c([N+](=O)[O-])cc1I. The van der Waals surface area contributed by atoms with Crippen molar-refractivity contribution >= 4 is 45.1 Å². The van der Waals surface area contributed by atoms with Crippen molar-refractivity contribution < 1.29 is 9.72 Å². The van der Waals surface area contributed by atoms with Crippen molar-refractivity contribution in [2.24, 2.45) is 0 Å². The van der Waals surface area contributed by atoms with Crippen LogP contribution in [0.1, 0.15) is 15.9 Å². The summed E-state index contributed by atoms with van der Waals surface area (Å²) in [5, 5.41) is 18.3. The Morgan fingerprint density at radius 3 is 2.60 bits per heavy atom. The summed E-state index contributed by atoms with van der Waals surface area (Å²) in [7, 11) is 0. The Labute approximate surface area is 103 Å². The lowest BCUT2D eigenvalue weighted by Gasteiger charge is -2.00. The Kier molecular flexibility index (Phi) is 3.60. The third kappa shape index (κ3) is 2.43. The molecule has 0 amide bonds. The standard InChI is InChI=1S/C8H2ClIN2O3/c9-8(13)5-1-4(3-11)6(10)2-7(5)12(14)15/h1-2H. The molecule has 1 aromatic carbocycles. The first kappa shape index (κ1) is 11.9. The monoisotopic (exact) mass is 336 g/mol. The van der Waals surface area contributed by atoms with Crippen LogP contribution in [-0.2, 0) is 0 Å². The lowest BCUT2D eigenvalue weighted by Crippen LogP contribution is -2.00. The lowest BCUT2D eigenvalue weighted by atomic mass is 10.1. The van der Waals surface area contributed by atoms with Crippen LogP contribution in [0.5, 0.6) is 0 Å². The zero-order valence-electron chi connectivity index (χ0n) is 7.03. The summed E-state index contributed by atoms with van der Waals surface area (Å²) in [6, 6.07) is 4.08. The highest BCUT2D eigenvalue weighted by molar-refractivity contribution is 14.1. The van der Waals surface area contributed by atoms with E-state index in [9.17, 15) is 14.9 Å². The van der Waals surface area contributed by atoms with E-state index < -0.39 is 15.9 Å². The second-order valence-electron chi connectivity index (χ2n) is 2.49. The van der Waals surface area contributed by atoms with Crippen LogP contribution in [-0.4, -0.2) is 10.2 Å². The van der Waals surface area contributed by atoms with Crippen LogP contribution in [0.4, 0.5) is 5.69 Å². The van der Waals surface area contributed by atoms with Gasteiger partial charge in [0.05, 0.1) is 10.5 Å². The van der Waals surface area contributed by atoms with Crippen molar-refractivity contribution in [3.05, 3.63) is 36.9 Å². The summed E-state index contributed by atoms with van der Waals surface area (Å²) < 4.78 is 0.406. The zero-order valence-corrected chi connectivity index (χ0v) is 9.94. The number of nitriles is 1. The fourth-order valence-corrected chi connectivity index (χ4v) is 1.68. The summed E-state index contributed by atoms with van der Waals surface area (Å²) in [5.74, 6) is 0. The molecule has 0 fully saturated rings. The van der Waals surface area contributed by atoms with Gasteiger partial charge in [-0.1, -0.05) is 0 Å². The van der Waals surface area contributed by atoms with Crippen LogP contribution in [0.2, 0.25) is 0 Å². The van der Waals surface area contributed by atoms with Crippen molar-refractivity contribution in [2.45, 2.75) is 0 Å². The van der Waals surface area contributed by atoms with Gasteiger partial charge in [0.25, 0.3) is 10.9 Å². The molecular weight excluding hydrogens is 334 g/mol. The number of halogens is 2. The maximum Gasteiger partial charge on any atom is 0.282 e. The number of nitro groups is 1. The number of nitrogens with zero attached hydrogens (tertiary/aromatic N) is 2. The molecule has 7 heteroatoms. The van der Waals surface area contributed by atoms with E-state index >= 15 is 0 Å². The van der Waals surface area contributed by atoms with E-state index in [1.54, 1.807) is 22.6 Å². The molecule has 1 aromatic rings. The summed E-state index contributed by atoms with van der Waals surface area (Å²) in [6.45, 7) is 0. The van der Waals surface area contributed by atoms with Crippen LogP contribution in [0.3, 0.4) is 0 Å². The molecule has 0 saturated carbocycles. The van der Waals surface area contributed by atoms with E-state index in [0.717, 1.165) is 12.1 Å². The maximum absolute atomic E-state index is 10.9. The highest BCUT2D eigenvalue weighted by Gasteiger charge is 2.21. The predicted octanol–water partition coefficient (Wildman–Crippen LogP) is 2.45. The van der Waals surface area contributed by atoms with Gasteiger partial charge in [0.15, 0.2) is 0 Å². The molecule has 0 heterocycles. The lowest BCUT2D eigenvalue weighted by molar-refractivity contribution is -0.385. The zero-order chi connectivity index (χ0) is 11.6. The summed E-state index contributed by atoms with van der Waals surface area (Å²) >= 11 is 6.96. The van der Waals surface area contributed by atoms with Gasteiger partial charge in [-0.15, -0.1) is 0 Å². The predicted molar refractivity (Wildman–Crippen MR) is 60.7 cm³/mol. The number of benzene rings is 1. The molecule has 5 nitrogen and oxygen atoms in total. The average Bonchev–Trinajstić information content (AvgIpc) is 2.16. The van der Waals surface area contributed by atoms with Gasteiger partial charge in [0, 0.05) is 9.64 Å². The van der Waals surface area contributed by atoms with Crippen LogP contribution in [0.25, 0.3) is 0 Å². The van der Waals surface area contributed by atoms with Crippen molar-refractivity contribution in [1.29, 1.82) is 5.26 Å². The van der Waals surface area contributed by atoms with E-state index in [4.69, 9.17) is 16.9 Å². The molecule has 0 atom stereocenters. The molecular formula is C8H2ClIN2O3. The number of nitro benzene ring substituents is 1. The Balaban J connectivity index is 3.54. The van der Waals surface area contributed by atoms with Gasteiger partial charge in [-0.25, -0.2) is 0 Å². The Hall–Kier alpha value is -1.20. The minimum Gasteiger partial charge on any atom is -0.275 e. The second kappa shape index (κ2) is 4.55. The van der Waals surface area contributed by atoms with Gasteiger partial charge in [-0.2, -0.15) is 5.26 Å². The van der Waals surface area contributed by atoms with E-state index in [2.05, 4.69) is 0 Å². The largest absolute Gasteiger partial charge is 0.282 e. The van der Waals surface area contributed by atoms with E-state index in [-0.39, 0.29) is 11.1 Å². The molecule has 0 saturated heterocycles. The number of hydrogen-bond donors (Lipinski definition) is 0. The number of carbonyl (C=O) groups is 1. The highest BCUT2D eigenvalue weighted by Crippen LogP contribution is 2.25. The highest BCUT2D eigenvalue weighted by atomic mass is 127. The van der Waals surface area contributed by atoms with Gasteiger partial charge in [0.1, 0.15) is 11.6 Å². The number of hydrogen-bond acceptors (Lipinski definition) is 4. The first-order valence-corrected chi connectivity index (χ1v) is 5.01. The van der Waals surface area contributed by atoms with Crippen molar-refractivity contribution in [3.63, 3.8) is 0 Å². The third-order valence-corrected chi connectivity index (χ3v) is 2.71. The quantitative estimate of drug-likeness (QED) is 0.359. The molecule has 0 aliphatic rings. The van der Waals surface area contributed by atoms with E-state index in [1.165, 1.54) is 0 Å². The van der Waals surface area contributed by atoms with Gasteiger partial charge in [-0.3, -0.25) is 14.9 Å². The molecule has 15 heavy (non-hydrogen) atoms. The van der Waals surface area contributed by atoms with Crippen LogP contribution in [0.15, 0.2) is 12.1 Å². The first-order valence-electron chi connectivity index (χ1n) is 3.55. The minimum atomic E-state index is -0.949. The molecule has 0 aliphatic carbocycles. The molecule has 0 aliphatic heterocycles. The molecule has 0 bridgehead atoms. The van der Waals surface area contributed by atoms with Gasteiger partial charge in [0.2, 0.25) is 0 Å². The summed E-state index contributed by atoms with van der Waals surface area (Å²) in [4.78, 5) is 20.8. The fourth-order valence-electron chi connectivity index (χ4n) is 0.957. The van der Waals surface area contributed by atoms with Gasteiger partial charge in [-0.05, 0) is 40.3 Å². The Morgan fingerprint density at radius 2 is 2.20 bits per heavy atom. The number of carbonyl (C=O) groups excluding carboxylic acids is 1. The Bertz CT molecular complexity index is 495. The van der Waals surface area contributed by atoms with Gasteiger partial charge < -0.3 is 0 Å². The topological polar surface area (TPSA) is 84.0 Å². The van der Waals surface area contributed by atoms with Gasteiger partial charge >= 0.3 is 0 Å². The second-order valence-corrected chi connectivity index (χ2v) is 4.00. The van der Waals surface area contributed by atoms with Crippen LogP contribution >= 0.6 is 34.2 Å². The van der Waals surface area contributed by atoms with Crippen LogP contribution in [0, 0.1) is 25.0 Å². The number of rotatable bonds is 2. The summed E-state index contributed by atoms with van der Waals surface area (Å²) in [5.41, 5.74) is -0.470. The first-order chi connectivity index (χ1) is 6.97.